The number of carbonyl (C=O) groups is 2. The molecule has 1 heterocycles. The monoisotopic (exact) mass is 464 g/mol. The van der Waals surface area contributed by atoms with Gasteiger partial charge >= 0.3 is 0 Å². The number of para-hydroxylation sites is 1. The Balaban J connectivity index is 1.59. The molecule has 1 aliphatic rings. The number of nitrogens with one attached hydrogen (secondary N) is 1. The van der Waals surface area contributed by atoms with Crippen molar-refractivity contribution in [1.82, 2.24) is 4.90 Å². The zero-order chi connectivity index (χ0) is 23.4. The lowest BCUT2D eigenvalue weighted by Crippen LogP contribution is -2.38. The first-order valence-corrected chi connectivity index (χ1v) is 11.1. The van der Waals surface area contributed by atoms with Crippen LogP contribution in [0.1, 0.15) is 34.8 Å². The Kier molecular flexibility index (Phi) is 6.84. The molecule has 0 fully saturated rings. The Labute approximate surface area is 198 Å². The van der Waals surface area contributed by atoms with Crippen molar-refractivity contribution in [2.45, 2.75) is 32.5 Å². The SMILES string of the molecule is CC[C@H]1Oc2ccc(NC(=O)c3ccccc3OC)cc2CN(Cc2ccc(Cl)cc2)C1=O. The van der Waals surface area contributed by atoms with E-state index in [1.165, 1.54) is 7.11 Å². The fourth-order valence-corrected chi connectivity index (χ4v) is 3.95. The molecule has 1 aliphatic heterocycles. The summed E-state index contributed by atoms with van der Waals surface area (Å²) >= 11 is 6.00. The molecule has 0 aromatic heterocycles. The minimum Gasteiger partial charge on any atom is -0.496 e. The van der Waals surface area contributed by atoms with Crippen molar-refractivity contribution in [3.05, 3.63) is 88.4 Å². The predicted molar refractivity (Wildman–Crippen MR) is 128 cm³/mol. The molecule has 0 saturated carbocycles. The summed E-state index contributed by atoms with van der Waals surface area (Å²) in [5.74, 6) is 0.799. The number of hydrogen-bond donors (Lipinski definition) is 1. The molecule has 1 N–H and O–H groups in total. The summed E-state index contributed by atoms with van der Waals surface area (Å²) in [4.78, 5) is 27.7. The summed E-state index contributed by atoms with van der Waals surface area (Å²) in [7, 11) is 1.53. The van der Waals surface area contributed by atoms with Crippen LogP contribution >= 0.6 is 11.6 Å². The van der Waals surface area contributed by atoms with Gasteiger partial charge < -0.3 is 19.7 Å². The number of rotatable bonds is 6. The molecule has 3 aromatic carbocycles. The number of anilines is 1. The van der Waals surface area contributed by atoms with E-state index in [1.807, 2.05) is 43.3 Å². The highest BCUT2D eigenvalue weighted by atomic mass is 35.5. The van der Waals surface area contributed by atoms with Crippen LogP contribution in [-0.2, 0) is 17.9 Å². The molecule has 1 atom stereocenters. The van der Waals surface area contributed by atoms with Gasteiger partial charge in [-0.3, -0.25) is 9.59 Å². The smallest absolute Gasteiger partial charge is 0.264 e. The van der Waals surface area contributed by atoms with Crippen LogP contribution < -0.4 is 14.8 Å². The lowest BCUT2D eigenvalue weighted by molar-refractivity contribution is -0.139. The predicted octanol–water partition coefficient (Wildman–Crippen LogP) is 5.30. The molecular formula is C26H25ClN2O4. The molecule has 3 aromatic rings. The lowest BCUT2D eigenvalue weighted by Gasteiger charge is -2.23. The molecule has 0 bridgehead atoms. The second-order valence-electron chi connectivity index (χ2n) is 7.81. The number of carbonyl (C=O) groups excluding carboxylic acids is 2. The third kappa shape index (κ3) is 5.12. The van der Waals surface area contributed by atoms with Crippen LogP contribution in [0.15, 0.2) is 66.7 Å². The second-order valence-corrected chi connectivity index (χ2v) is 8.25. The average Bonchev–Trinajstić information content (AvgIpc) is 2.96. The molecule has 0 saturated heterocycles. The lowest BCUT2D eigenvalue weighted by atomic mass is 10.1. The number of nitrogens with zero attached hydrogens (tertiary/aromatic N) is 1. The van der Waals surface area contributed by atoms with Crippen LogP contribution in [0.4, 0.5) is 5.69 Å². The normalized spacial score (nSPS) is 15.3. The maximum Gasteiger partial charge on any atom is 0.264 e. The number of ether oxygens (including phenoxy) is 2. The molecule has 0 spiro atoms. The van der Waals surface area contributed by atoms with Crippen LogP contribution in [-0.4, -0.2) is 29.9 Å². The number of hydrogen-bond acceptors (Lipinski definition) is 4. The summed E-state index contributed by atoms with van der Waals surface area (Å²) in [6.07, 6.45) is -0.00521. The van der Waals surface area contributed by atoms with Crippen molar-refractivity contribution in [3.8, 4) is 11.5 Å². The van der Waals surface area contributed by atoms with Gasteiger partial charge in [-0.1, -0.05) is 42.8 Å². The van der Waals surface area contributed by atoms with Gasteiger partial charge in [0.05, 0.1) is 12.7 Å². The highest BCUT2D eigenvalue weighted by molar-refractivity contribution is 6.30. The maximum atomic E-state index is 13.1. The van der Waals surface area contributed by atoms with Crippen molar-refractivity contribution in [3.63, 3.8) is 0 Å². The number of amides is 2. The first-order chi connectivity index (χ1) is 16.0. The molecular weight excluding hydrogens is 440 g/mol. The Morgan fingerprint density at radius 3 is 2.64 bits per heavy atom. The summed E-state index contributed by atoms with van der Waals surface area (Å²) in [5.41, 5.74) is 2.86. The molecule has 0 aliphatic carbocycles. The molecule has 0 radical (unpaired) electrons. The molecule has 33 heavy (non-hydrogen) atoms. The van der Waals surface area contributed by atoms with Crippen molar-refractivity contribution >= 4 is 29.1 Å². The molecule has 4 rings (SSSR count). The third-order valence-corrected chi connectivity index (χ3v) is 5.80. The van der Waals surface area contributed by atoms with Gasteiger partial charge in [0.1, 0.15) is 11.5 Å². The topological polar surface area (TPSA) is 67.9 Å². The van der Waals surface area contributed by atoms with E-state index < -0.39 is 6.10 Å². The van der Waals surface area contributed by atoms with E-state index in [2.05, 4.69) is 5.32 Å². The van der Waals surface area contributed by atoms with Crippen LogP contribution in [0.5, 0.6) is 11.5 Å². The van der Waals surface area contributed by atoms with E-state index in [9.17, 15) is 9.59 Å². The first kappa shape index (κ1) is 22.7. The highest BCUT2D eigenvalue weighted by Gasteiger charge is 2.30. The fraction of sp³-hybridized carbons (Fsp3) is 0.231. The molecule has 2 amide bonds. The van der Waals surface area contributed by atoms with Crippen molar-refractivity contribution in [2.24, 2.45) is 0 Å². The van der Waals surface area contributed by atoms with E-state index in [1.54, 1.807) is 35.2 Å². The fourth-order valence-electron chi connectivity index (χ4n) is 3.82. The molecule has 170 valence electrons. The molecule has 6 nitrogen and oxygen atoms in total. The van der Waals surface area contributed by atoms with Gasteiger partial charge in [0.2, 0.25) is 0 Å². The number of benzene rings is 3. The quantitative estimate of drug-likeness (QED) is 0.537. The number of fused-ring (bicyclic) bond motifs is 1. The van der Waals surface area contributed by atoms with Gasteiger partial charge in [-0.25, -0.2) is 0 Å². The van der Waals surface area contributed by atoms with Crippen LogP contribution in [0, 0.1) is 0 Å². The Hall–Kier alpha value is -3.51. The van der Waals surface area contributed by atoms with E-state index >= 15 is 0 Å². The second kappa shape index (κ2) is 9.96. The molecule has 0 unspecified atom stereocenters. The Morgan fingerprint density at radius 1 is 1.15 bits per heavy atom. The van der Waals surface area contributed by atoms with E-state index in [-0.39, 0.29) is 11.8 Å². The van der Waals surface area contributed by atoms with Gasteiger partial charge in [-0.2, -0.15) is 0 Å². The maximum absolute atomic E-state index is 13.1. The van der Waals surface area contributed by atoms with E-state index in [4.69, 9.17) is 21.1 Å². The zero-order valence-electron chi connectivity index (χ0n) is 18.5. The summed E-state index contributed by atoms with van der Waals surface area (Å²) < 4.78 is 11.3. The highest BCUT2D eigenvalue weighted by Crippen LogP contribution is 2.31. The Bertz CT molecular complexity index is 1160. The van der Waals surface area contributed by atoms with Gasteiger partial charge in [0.15, 0.2) is 6.10 Å². The number of methoxy groups -OCH3 is 1. The van der Waals surface area contributed by atoms with Crippen molar-refractivity contribution in [1.29, 1.82) is 0 Å². The van der Waals surface area contributed by atoms with Crippen molar-refractivity contribution in [2.75, 3.05) is 12.4 Å². The van der Waals surface area contributed by atoms with Gasteiger partial charge in [-0.15, -0.1) is 0 Å². The van der Waals surface area contributed by atoms with E-state index in [0.29, 0.717) is 47.3 Å². The van der Waals surface area contributed by atoms with Gasteiger partial charge in [0, 0.05) is 29.4 Å². The standard InChI is InChI=1S/C26H25ClN2O4/c1-3-22-26(31)29(15-17-8-10-19(27)11-9-17)16-18-14-20(12-13-23(18)33-22)28-25(30)21-6-4-5-7-24(21)32-2/h4-14,22H,3,15-16H2,1-2H3,(H,28,30)/t22-/m1/s1. The minimum atomic E-state index is -0.562. The van der Waals surface area contributed by atoms with Crippen LogP contribution in [0.25, 0.3) is 0 Å². The van der Waals surface area contributed by atoms with Crippen LogP contribution in [0.2, 0.25) is 5.02 Å². The first-order valence-electron chi connectivity index (χ1n) is 10.8. The van der Waals surface area contributed by atoms with E-state index in [0.717, 1.165) is 11.1 Å². The summed E-state index contributed by atoms with van der Waals surface area (Å²) in [6.45, 7) is 2.73. The van der Waals surface area contributed by atoms with Crippen molar-refractivity contribution < 1.29 is 19.1 Å². The summed E-state index contributed by atoms with van der Waals surface area (Å²) in [6, 6.07) is 19.9. The largest absolute Gasteiger partial charge is 0.496 e. The third-order valence-electron chi connectivity index (χ3n) is 5.54. The minimum absolute atomic E-state index is 0.0664. The van der Waals surface area contributed by atoms with Gasteiger partial charge in [-0.05, 0) is 54.4 Å². The summed E-state index contributed by atoms with van der Waals surface area (Å²) in [5, 5.41) is 3.57. The number of halogens is 1. The van der Waals surface area contributed by atoms with Gasteiger partial charge in [0.25, 0.3) is 11.8 Å². The Morgan fingerprint density at radius 2 is 1.91 bits per heavy atom. The average molecular weight is 465 g/mol. The van der Waals surface area contributed by atoms with Crippen LogP contribution in [0.3, 0.4) is 0 Å². The molecule has 7 heteroatoms. The zero-order valence-corrected chi connectivity index (χ0v) is 19.3.